The molecule has 0 spiro atoms. The van der Waals surface area contributed by atoms with Gasteiger partial charge in [-0.2, -0.15) is 0 Å². The predicted octanol–water partition coefficient (Wildman–Crippen LogP) is 4.51. The van der Waals surface area contributed by atoms with Gasteiger partial charge < -0.3 is 10.2 Å². The van der Waals surface area contributed by atoms with Gasteiger partial charge in [-0.1, -0.05) is 29.3 Å². The average molecular weight is 367 g/mol. The van der Waals surface area contributed by atoms with Crippen LogP contribution in [-0.2, 0) is 4.79 Å². The number of anilines is 2. The van der Waals surface area contributed by atoms with E-state index in [1.807, 2.05) is 0 Å². The summed E-state index contributed by atoms with van der Waals surface area (Å²) in [6, 6.07) is 8.95. The summed E-state index contributed by atoms with van der Waals surface area (Å²) in [6.45, 7) is 0.562. The van der Waals surface area contributed by atoms with Crippen molar-refractivity contribution in [2.75, 3.05) is 16.8 Å². The maximum absolute atomic E-state index is 13.9. The van der Waals surface area contributed by atoms with Crippen molar-refractivity contribution >= 4 is 46.4 Å². The van der Waals surface area contributed by atoms with Crippen LogP contribution in [-0.4, -0.2) is 18.4 Å². The zero-order chi connectivity index (χ0) is 17.3. The lowest BCUT2D eigenvalue weighted by Gasteiger charge is -2.18. The van der Waals surface area contributed by atoms with Crippen LogP contribution in [0.15, 0.2) is 36.4 Å². The normalized spacial score (nSPS) is 14.1. The summed E-state index contributed by atoms with van der Waals surface area (Å²) in [5, 5.41) is 2.78. The number of benzene rings is 2. The van der Waals surface area contributed by atoms with Gasteiger partial charge in [0.25, 0.3) is 5.91 Å². The van der Waals surface area contributed by atoms with Crippen molar-refractivity contribution in [1.82, 2.24) is 0 Å². The first kappa shape index (κ1) is 16.7. The van der Waals surface area contributed by atoms with Gasteiger partial charge in [0.2, 0.25) is 5.91 Å². The highest BCUT2D eigenvalue weighted by Gasteiger charge is 2.24. The van der Waals surface area contributed by atoms with E-state index in [1.165, 1.54) is 30.3 Å². The van der Waals surface area contributed by atoms with Crippen LogP contribution >= 0.6 is 23.2 Å². The molecule has 4 nitrogen and oxygen atoms in total. The van der Waals surface area contributed by atoms with Gasteiger partial charge in [0.15, 0.2) is 5.82 Å². The molecule has 0 unspecified atom stereocenters. The molecule has 1 fully saturated rings. The number of amides is 2. The third-order valence-electron chi connectivity index (χ3n) is 3.77. The van der Waals surface area contributed by atoms with E-state index >= 15 is 0 Å². The largest absolute Gasteiger partial charge is 0.319 e. The molecule has 7 heteroatoms. The number of hydrogen-bond donors (Lipinski definition) is 1. The van der Waals surface area contributed by atoms with Crippen LogP contribution in [0.5, 0.6) is 0 Å². The minimum atomic E-state index is -0.698. The summed E-state index contributed by atoms with van der Waals surface area (Å²) in [4.78, 5) is 25.8. The first-order valence-corrected chi connectivity index (χ1v) is 8.08. The minimum absolute atomic E-state index is 0.0127. The number of nitrogens with zero attached hydrogens (tertiary/aromatic N) is 1. The number of carbonyl (C=O) groups excluding carboxylic acids is 2. The number of rotatable bonds is 3. The minimum Gasteiger partial charge on any atom is -0.319 e. The Morgan fingerprint density at radius 2 is 1.96 bits per heavy atom. The van der Waals surface area contributed by atoms with Crippen molar-refractivity contribution in [2.24, 2.45) is 0 Å². The van der Waals surface area contributed by atoms with Crippen LogP contribution in [0.2, 0.25) is 10.0 Å². The molecule has 24 heavy (non-hydrogen) atoms. The quantitative estimate of drug-likeness (QED) is 0.868. The SMILES string of the molecule is O=C(Nc1cccc(Cl)c1F)c1ccc(Cl)c(N2CCCC2=O)c1. The third-order valence-corrected chi connectivity index (χ3v) is 4.38. The van der Waals surface area contributed by atoms with Crippen LogP contribution in [0.1, 0.15) is 23.2 Å². The predicted molar refractivity (Wildman–Crippen MR) is 92.4 cm³/mol. The summed E-state index contributed by atoms with van der Waals surface area (Å²) in [7, 11) is 0. The van der Waals surface area contributed by atoms with Crippen molar-refractivity contribution < 1.29 is 14.0 Å². The Morgan fingerprint density at radius 3 is 2.67 bits per heavy atom. The standard InChI is InChI=1S/C17H13Cl2FN2O2/c18-11-7-6-10(9-14(11)22-8-2-5-15(22)23)17(24)21-13-4-1-3-12(19)16(13)20/h1,3-4,6-7,9H,2,5,8H2,(H,21,24). The first-order valence-electron chi connectivity index (χ1n) is 7.32. The molecule has 2 amide bonds. The Hall–Kier alpha value is -2.11. The van der Waals surface area contributed by atoms with Gasteiger partial charge in [0.05, 0.1) is 21.4 Å². The van der Waals surface area contributed by atoms with E-state index in [2.05, 4.69) is 5.32 Å². The second-order valence-corrected chi connectivity index (χ2v) is 6.19. The lowest BCUT2D eigenvalue weighted by Crippen LogP contribution is -2.24. The highest BCUT2D eigenvalue weighted by molar-refractivity contribution is 6.34. The highest BCUT2D eigenvalue weighted by atomic mass is 35.5. The highest BCUT2D eigenvalue weighted by Crippen LogP contribution is 2.31. The Kier molecular flexibility index (Phi) is 4.73. The lowest BCUT2D eigenvalue weighted by molar-refractivity contribution is -0.117. The molecule has 0 aromatic heterocycles. The molecule has 0 saturated carbocycles. The molecule has 2 aromatic rings. The van der Waals surface area contributed by atoms with E-state index in [0.29, 0.717) is 23.7 Å². The Labute approximate surface area is 148 Å². The topological polar surface area (TPSA) is 49.4 Å². The summed E-state index contributed by atoms with van der Waals surface area (Å²) in [5.74, 6) is -1.24. The van der Waals surface area contributed by atoms with E-state index in [0.717, 1.165) is 6.42 Å². The number of carbonyl (C=O) groups is 2. The third kappa shape index (κ3) is 3.23. The van der Waals surface area contributed by atoms with Crippen molar-refractivity contribution in [2.45, 2.75) is 12.8 Å². The fraction of sp³-hybridized carbons (Fsp3) is 0.176. The number of halogens is 3. The van der Waals surface area contributed by atoms with Gasteiger partial charge >= 0.3 is 0 Å². The Bertz CT molecular complexity index is 826. The molecule has 0 bridgehead atoms. The first-order chi connectivity index (χ1) is 11.5. The van der Waals surface area contributed by atoms with Gasteiger partial charge in [-0.25, -0.2) is 4.39 Å². The molecule has 2 aromatic carbocycles. The fourth-order valence-electron chi connectivity index (χ4n) is 2.56. The van der Waals surface area contributed by atoms with Crippen LogP contribution < -0.4 is 10.2 Å². The lowest BCUT2D eigenvalue weighted by atomic mass is 10.1. The fourth-order valence-corrected chi connectivity index (χ4v) is 2.95. The van der Waals surface area contributed by atoms with Gasteiger partial charge in [-0.05, 0) is 36.8 Å². The van der Waals surface area contributed by atoms with Crippen molar-refractivity contribution in [3.05, 3.63) is 57.8 Å². The molecule has 0 atom stereocenters. The zero-order valence-corrected chi connectivity index (χ0v) is 14.0. The van der Waals surface area contributed by atoms with E-state index in [1.54, 1.807) is 11.0 Å². The molecule has 1 N–H and O–H groups in total. The second-order valence-electron chi connectivity index (χ2n) is 5.37. The molecule has 3 rings (SSSR count). The molecule has 1 aliphatic heterocycles. The van der Waals surface area contributed by atoms with Gasteiger partial charge in [-0.3, -0.25) is 9.59 Å². The van der Waals surface area contributed by atoms with E-state index < -0.39 is 11.7 Å². The number of hydrogen-bond acceptors (Lipinski definition) is 2. The van der Waals surface area contributed by atoms with Gasteiger partial charge in [-0.15, -0.1) is 0 Å². The molecular formula is C17H13Cl2FN2O2. The molecule has 1 heterocycles. The molecular weight excluding hydrogens is 354 g/mol. The van der Waals surface area contributed by atoms with Crippen molar-refractivity contribution in [3.63, 3.8) is 0 Å². The summed E-state index contributed by atoms with van der Waals surface area (Å²) < 4.78 is 13.9. The summed E-state index contributed by atoms with van der Waals surface area (Å²) in [6.07, 6.45) is 1.21. The van der Waals surface area contributed by atoms with Crippen LogP contribution in [0, 0.1) is 5.82 Å². The van der Waals surface area contributed by atoms with Crippen LogP contribution in [0.4, 0.5) is 15.8 Å². The van der Waals surface area contributed by atoms with Crippen LogP contribution in [0.3, 0.4) is 0 Å². The molecule has 0 aliphatic carbocycles. The summed E-state index contributed by atoms with van der Waals surface area (Å²) >= 11 is 11.9. The monoisotopic (exact) mass is 366 g/mol. The van der Waals surface area contributed by atoms with E-state index in [-0.39, 0.29) is 22.2 Å². The molecule has 124 valence electrons. The maximum atomic E-state index is 13.9. The number of nitrogens with one attached hydrogen (secondary N) is 1. The van der Waals surface area contributed by atoms with Gasteiger partial charge in [0.1, 0.15) is 0 Å². The average Bonchev–Trinajstić information content (AvgIpc) is 2.98. The second kappa shape index (κ2) is 6.79. The maximum Gasteiger partial charge on any atom is 0.255 e. The molecule has 1 saturated heterocycles. The Morgan fingerprint density at radius 1 is 1.17 bits per heavy atom. The Balaban J connectivity index is 1.88. The summed E-state index contributed by atoms with van der Waals surface area (Å²) in [5.41, 5.74) is 0.744. The molecule has 1 aliphatic rings. The molecule has 0 radical (unpaired) electrons. The van der Waals surface area contributed by atoms with E-state index in [4.69, 9.17) is 23.2 Å². The van der Waals surface area contributed by atoms with E-state index in [9.17, 15) is 14.0 Å². The zero-order valence-electron chi connectivity index (χ0n) is 12.5. The van der Waals surface area contributed by atoms with Crippen molar-refractivity contribution in [1.29, 1.82) is 0 Å². The smallest absolute Gasteiger partial charge is 0.255 e. The van der Waals surface area contributed by atoms with Crippen LogP contribution in [0.25, 0.3) is 0 Å². The van der Waals surface area contributed by atoms with Gasteiger partial charge in [0, 0.05) is 18.5 Å². The van der Waals surface area contributed by atoms with Crippen molar-refractivity contribution in [3.8, 4) is 0 Å².